The molecule has 126 valence electrons. The third-order valence-electron chi connectivity index (χ3n) is 5.30. The first-order valence-electron chi connectivity index (χ1n) is 8.54. The lowest BCUT2D eigenvalue weighted by Crippen LogP contribution is -2.37. The predicted molar refractivity (Wildman–Crippen MR) is 90.0 cm³/mol. The fourth-order valence-corrected chi connectivity index (χ4v) is 4.12. The lowest BCUT2D eigenvalue weighted by molar-refractivity contribution is -0.129. The number of fused-ring (bicyclic) bond motifs is 1. The smallest absolute Gasteiger partial charge is 0.224 e. The molecule has 0 saturated carbocycles. The van der Waals surface area contributed by atoms with Crippen molar-refractivity contribution in [3.63, 3.8) is 0 Å². The van der Waals surface area contributed by atoms with Crippen LogP contribution in [-0.2, 0) is 24.9 Å². The monoisotopic (exact) mass is 325 g/mol. The Hall–Kier alpha value is -2.21. The van der Waals surface area contributed by atoms with E-state index < -0.39 is 0 Å². The van der Waals surface area contributed by atoms with Crippen molar-refractivity contribution in [1.29, 1.82) is 0 Å². The Bertz CT molecular complexity index is 741. The van der Waals surface area contributed by atoms with Gasteiger partial charge in [-0.1, -0.05) is 0 Å². The molecule has 2 saturated heterocycles. The van der Waals surface area contributed by atoms with Gasteiger partial charge >= 0.3 is 0 Å². The minimum absolute atomic E-state index is 0.267. The summed E-state index contributed by atoms with van der Waals surface area (Å²) in [5.41, 5.74) is 3.37. The molecule has 0 aliphatic carbocycles. The molecule has 0 radical (unpaired) electrons. The molecule has 2 aromatic heterocycles. The first kappa shape index (κ1) is 15.3. The highest BCUT2D eigenvalue weighted by Crippen LogP contribution is 2.34. The number of rotatable bonds is 4. The van der Waals surface area contributed by atoms with Gasteiger partial charge in [-0.15, -0.1) is 0 Å². The highest BCUT2D eigenvalue weighted by atomic mass is 16.2. The molecule has 0 spiro atoms. The summed E-state index contributed by atoms with van der Waals surface area (Å²) in [7, 11) is 1.95. The highest BCUT2D eigenvalue weighted by molar-refractivity contribution is 5.80. The van der Waals surface area contributed by atoms with Gasteiger partial charge in [-0.2, -0.15) is 5.10 Å². The number of likely N-dealkylation sites (tertiary alicyclic amines) is 2. The van der Waals surface area contributed by atoms with Gasteiger partial charge in [0.05, 0.1) is 17.9 Å². The summed E-state index contributed by atoms with van der Waals surface area (Å²) < 4.78 is 1.89. The first-order valence-corrected chi connectivity index (χ1v) is 8.54. The number of hydrogen-bond donors (Lipinski definition) is 0. The van der Waals surface area contributed by atoms with Gasteiger partial charge < -0.3 is 4.90 Å². The second kappa shape index (κ2) is 6.02. The third-order valence-corrected chi connectivity index (χ3v) is 5.30. The Labute approximate surface area is 142 Å². The second-order valence-corrected chi connectivity index (χ2v) is 6.88. The van der Waals surface area contributed by atoms with E-state index >= 15 is 0 Å². The lowest BCUT2D eigenvalue weighted by atomic mass is 10.1. The number of carbonyl (C=O) groups excluding carboxylic acids is 1. The largest absolute Gasteiger partial charge is 0.332 e. The molecule has 2 atom stereocenters. The van der Waals surface area contributed by atoms with Crippen molar-refractivity contribution in [2.45, 2.75) is 44.9 Å². The van der Waals surface area contributed by atoms with Crippen LogP contribution < -0.4 is 0 Å². The normalized spacial score (nSPS) is 23.9. The fourth-order valence-electron chi connectivity index (χ4n) is 4.12. The van der Waals surface area contributed by atoms with Crippen LogP contribution in [0.4, 0.5) is 0 Å². The van der Waals surface area contributed by atoms with Crippen molar-refractivity contribution in [3.8, 4) is 0 Å². The van der Waals surface area contributed by atoms with Gasteiger partial charge in [0.2, 0.25) is 5.91 Å². The maximum Gasteiger partial charge on any atom is 0.224 e. The zero-order valence-electron chi connectivity index (χ0n) is 14.2. The van der Waals surface area contributed by atoms with Gasteiger partial charge in [0.1, 0.15) is 0 Å². The molecule has 0 bridgehead atoms. The van der Waals surface area contributed by atoms with Crippen LogP contribution in [0.25, 0.3) is 0 Å². The van der Waals surface area contributed by atoms with E-state index in [-0.39, 0.29) is 5.91 Å². The maximum absolute atomic E-state index is 12.6. The van der Waals surface area contributed by atoms with Crippen LogP contribution in [-0.4, -0.2) is 49.1 Å². The summed E-state index contributed by atoms with van der Waals surface area (Å²) in [6.45, 7) is 4.60. The average Bonchev–Trinajstić information content (AvgIpc) is 3.18. The zero-order valence-corrected chi connectivity index (χ0v) is 14.2. The fraction of sp³-hybridized carbons (Fsp3) is 0.500. The van der Waals surface area contributed by atoms with Gasteiger partial charge in [-0.25, -0.2) is 0 Å². The molecular formula is C18H23N5O. The number of aryl methyl sites for hydroxylation is 2. The summed E-state index contributed by atoms with van der Waals surface area (Å²) in [4.78, 5) is 21.2. The quantitative estimate of drug-likeness (QED) is 0.855. The number of carbonyl (C=O) groups is 1. The van der Waals surface area contributed by atoms with Crippen LogP contribution in [0.2, 0.25) is 0 Å². The van der Waals surface area contributed by atoms with E-state index in [0.29, 0.717) is 25.0 Å². The van der Waals surface area contributed by atoms with Gasteiger partial charge in [0, 0.05) is 51.0 Å². The molecule has 4 heterocycles. The molecular weight excluding hydrogens is 302 g/mol. The van der Waals surface area contributed by atoms with Gasteiger partial charge in [0.25, 0.3) is 0 Å². The summed E-state index contributed by atoms with van der Waals surface area (Å²) in [5, 5.41) is 4.40. The molecule has 2 aliphatic heterocycles. The van der Waals surface area contributed by atoms with Crippen LogP contribution in [0.5, 0.6) is 0 Å². The third kappa shape index (κ3) is 2.71. The Morgan fingerprint density at radius 1 is 1.21 bits per heavy atom. The SMILES string of the molecule is Cc1cc(CN2C(=O)C[C@H]3[C@@H]2CCN3Cc2ccncc2)n(C)n1. The second-order valence-electron chi connectivity index (χ2n) is 6.88. The van der Waals surface area contributed by atoms with E-state index in [4.69, 9.17) is 0 Å². The van der Waals surface area contributed by atoms with Crippen molar-refractivity contribution in [2.24, 2.45) is 7.05 Å². The molecule has 4 rings (SSSR count). The number of amides is 1. The standard InChI is InChI=1S/C18H23N5O/c1-13-9-15(21(2)20-13)12-23-16-5-8-22(17(16)10-18(23)24)11-14-3-6-19-7-4-14/h3-4,6-7,9,16-17H,5,8,10-12H2,1-2H3/t16-,17-/m0/s1. The van der Waals surface area contributed by atoms with E-state index in [1.165, 1.54) is 5.56 Å². The van der Waals surface area contributed by atoms with Gasteiger partial charge in [-0.3, -0.25) is 19.4 Å². The molecule has 0 unspecified atom stereocenters. The number of hydrogen-bond acceptors (Lipinski definition) is 4. The zero-order chi connectivity index (χ0) is 16.7. The van der Waals surface area contributed by atoms with Crippen molar-refractivity contribution in [2.75, 3.05) is 6.54 Å². The van der Waals surface area contributed by atoms with Crippen molar-refractivity contribution in [3.05, 3.63) is 47.5 Å². The number of aromatic nitrogens is 3. The molecule has 6 heteroatoms. The predicted octanol–water partition coefficient (Wildman–Crippen LogP) is 1.50. The molecule has 1 amide bonds. The van der Waals surface area contributed by atoms with E-state index in [2.05, 4.69) is 38.1 Å². The van der Waals surface area contributed by atoms with Crippen LogP contribution in [0, 0.1) is 6.92 Å². The Morgan fingerprint density at radius 3 is 2.71 bits per heavy atom. The topological polar surface area (TPSA) is 54.3 Å². The Balaban J connectivity index is 1.48. The summed E-state index contributed by atoms with van der Waals surface area (Å²) in [5.74, 6) is 0.267. The van der Waals surface area contributed by atoms with Crippen LogP contribution in [0.15, 0.2) is 30.6 Å². The molecule has 0 N–H and O–H groups in total. The van der Waals surface area contributed by atoms with Crippen molar-refractivity contribution in [1.82, 2.24) is 24.6 Å². The van der Waals surface area contributed by atoms with Gasteiger partial charge in [-0.05, 0) is 37.1 Å². The van der Waals surface area contributed by atoms with Crippen LogP contribution in [0.3, 0.4) is 0 Å². The van der Waals surface area contributed by atoms with Crippen molar-refractivity contribution < 1.29 is 4.79 Å². The summed E-state index contributed by atoms with van der Waals surface area (Å²) >= 11 is 0. The average molecular weight is 325 g/mol. The molecule has 2 aliphatic rings. The minimum atomic E-state index is 0.267. The highest BCUT2D eigenvalue weighted by Gasteiger charge is 2.46. The molecule has 6 nitrogen and oxygen atoms in total. The molecule has 2 aromatic rings. The molecule has 24 heavy (non-hydrogen) atoms. The molecule has 2 fully saturated rings. The van der Waals surface area contributed by atoms with Crippen molar-refractivity contribution >= 4 is 5.91 Å². The maximum atomic E-state index is 12.6. The van der Waals surface area contributed by atoms with E-state index in [1.807, 2.05) is 31.0 Å². The van der Waals surface area contributed by atoms with Crippen LogP contribution in [0.1, 0.15) is 29.8 Å². The van der Waals surface area contributed by atoms with Gasteiger partial charge in [0.15, 0.2) is 0 Å². The van der Waals surface area contributed by atoms with Crippen LogP contribution >= 0.6 is 0 Å². The lowest BCUT2D eigenvalue weighted by Gasteiger charge is -2.25. The first-order chi connectivity index (χ1) is 11.6. The summed E-state index contributed by atoms with van der Waals surface area (Å²) in [6.07, 6.45) is 5.35. The Morgan fingerprint density at radius 2 is 2.00 bits per heavy atom. The van der Waals surface area contributed by atoms with E-state index in [9.17, 15) is 4.79 Å². The number of pyridine rings is 1. The summed E-state index contributed by atoms with van der Waals surface area (Å²) in [6, 6.07) is 6.85. The van der Waals surface area contributed by atoms with E-state index in [1.54, 1.807) is 0 Å². The number of nitrogens with zero attached hydrogens (tertiary/aromatic N) is 5. The Kier molecular flexibility index (Phi) is 3.84. The minimum Gasteiger partial charge on any atom is -0.332 e. The van der Waals surface area contributed by atoms with E-state index in [0.717, 1.165) is 30.9 Å². The molecule has 0 aromatic carbocycles.